The van der Waals surface area contributed by atoms with E-state index < -0.39 is 0 Å². The summed E-state index contributed by atoms with van der Waals surface area (Å²) in [5.41, 5.74) is 3.74. The summed E-state index contributed by atoms with van der Waals surface area (Å²) in [5.74, 6) is 0.738. The number of hydrogen-bond donors (Lipinski definition) is 0. The number of aromatic nitrogens is 1. The molecule has 82 valence electrons. The highest BCUT2D eigenvalue weighted by atomic mass is 32.1. The molecule has 0 aliphatic carbocycles. The molecule has 16 heavy (non-hydrogen) atoms. The fourth-order valence-corrected chi connectivity index (χ4v) is 2.02. The van der Waals surface area contributed by atoms with Gasteiger partial charge in [0.25, 0.3) is 0 Å². The van der Waals surface area contributed by atoms with Gasteiger partial charge < -0.3 is 4.74 Å². The molecule has 0 bridgehead atoms. The summed E-state index contributed by atoms with van der Waals surface area (Å²) >= 11 is 1.42. The summed E-state index contributed by atoms with van der Waals surface area (Å²) in [4.78, 5) is 16.0. The second-order valence-electron chi connectivity index (χ2n) is 3.39. The molecule has 0 radical (unpaired) electrons. The quantitative estimate of drug-likeness (QED) is 0.765. The molecule has 3 nitrogen and oxygen atoms in total. The van der Waals surface area contributed by atoms with Crippen LogP contribution in [0.15, 0.2) is 29.1 Å². The van der Waals surface area contributed by atoms with Crippen LogP contribution in [0, 0.1) is 6.92 Å². The van der Waals surface area contributed by atoms with Gasteiger partial charge in [0.05, 0.1) is 12.6 Å². The first-order chi connectivity index (χ1) is 7.72. The van der Waals surface area contributed by atoms with Crippen molar-refractivity contribution in [3.63, 3.8) is 0 Å². The Morgan fingerprint density at radius 1 is 1.44 bits per heavy atom. The predicted molar refractivity (Wildman–Crippen MR) is 63.3 cm³/mol. The molecule has 0 saturated heterocycles. The van der Waals surface area contributed by atoms with Crippen LogP contribution < -0.4 is 4.74 Å². The Morgan fingerprint density at radius 3 is 2.81 bits per heavy atom. The van der Waals surface area contributed by atoms with Crippen molar-refractivity contribution in [2.24, 2.45) is 0 Å². The molecule has 1 heterocycles. The largest absolute Gasteiger partial charge is 0.496 e. The van der Waals surface area contributed by atoms with Gasteiger partial charge in [0.15, 0.2) is 0 Å². The van der Waals surface area contributed by atoms with E-state index in [2.05, 4.69) is 4.98 Å². The first-order valence-corrected chi connectivity index (χ1v) is 5.74. The van der Waals surface area contributed by atoms with Crippen LogP contribution in [-0.4, -0.2) is 17.9 Å². The lowest BCUT2D eigenvalue weighted by molar-refractivity contribution is 0.103. The number of nitrogens with zero attached hydrogens (tertiary/aromatic N) is 1. The molecule has 0 aliphatic rings. The first kappa shape index (κ1) is 10.8. The maximum Gasteiger partial charge on any atom is 0.212 e. The van der Waals surface area contributed by atoms with E-state index in [1.807, 2.05) is 13.0 Å². The SMILES string of the molecule is COc1ccc(C(=O)c2cscn2)cc1C. The second kappa shape index (κ2) is 4.45. The molecule has 0 atom stereocenters. The molecule has 0 N–H and O–H groups in total. The maximum atomic E-state index is 12.0. The van der Waals surface area contributed by atoms with Crippen LogP contribution in [0.1, 0.15) is 21.6 Å². The number of thiazole rings is 1. The van der Waals surface area contributed by atoms with Gasteiger partial charge in [-0.05, 0) is 30.7 Å². The number of ether oxygens (including phenoxy) is 1. The van der Waals surface area contributed by atoms with Gasteiger partial charge in [-0.25, -0.2) is 4.98 Å². The molecule has 4 heteroatoms. The number of rotatable bonds is 3. The zero-order valence-corrected chi connectivity index (χ0v) is 9.88. The highest BCUT2D eigenvalue weighted by Crippen LogP contribution is 2.20. The molecule has 2 aromatic rings. The summed E-state index contributed by atoms with van der Waals surface area (Å²) in [7, 11) is 1.62. The molecule has 1 aromatic heterocycles. The average Bonchev–Trinajstić information content (AvgIpc) is 2.81. The molecule has 0 saturated carbocycles. The van der Waals surface area contributed by atoms with Crippen molar-refractivity contribution in [2.75, 3.05) is 7.11 Å². The van der Waals surface area contributed by atoms with Crippen LogP contribution in [-0.2, 0) is 0 Å². The van der Waals surface area contributed by atoms with Crippen molar-refractivity contribution in [1.29, 1.82) is 0 Å². The highest BCUT2D eigenvalue weighted by Gasteiger charge is 2.12. The normalized spacial score (nSPS) is 10.1. The minimum Gasteiger partial charge on any atom is -0.496 e. The standard InChI is InChI=1S/C12H11NO2S/c1-8-5-9(3-4-11(8)15-2)12(14)10-6-16-7-13-10/h3-7H,1-2H3. The summed E-state index contributed by atoms with van der Waals surface area (Å²) in [6, 6.07) is 5.38. The second-order valence-corrected chi connectivity index (χ2v) is 4.11. The van der Waals surface area contributed by atoms with Gasteiger partial charge in [0.1, 0.15) is 11.4 Å². The smallest absolute Gasteiger partial charge is 0.212 e. The van der Waals surface area contributed by atoms with Crippen molar-refractivity contribution in [3.05, 3.63) is 45.9 Å². The van der Waals surface area contributed by atoms with E-state index in [-0.39, 0.29) is 5.78 Å². The van der Waals surface area contributed by atoms with Crippen LogP contribution in [0.3, 0.4) is 0 Å². The van der Waals surface area contributed by atoms with E-state index >= 15 is 0 Å². The molecular formula is C12H11NO2S. The summed E-state index contributed by atoms with van der Waals surface area (Å²) in [6.07, 6.45) is 0. The third-order valence-corrected chi connectivity index (χ3v) is 2.91. The lowest BCUT2D eigenvalue weighted by Crippen LogP contribution is -2.02. The number of carbonyl (C=O) groups is 1. The topological polar surface area (TPSA) is 39.2 Å². The lowest BCUT2D eigenvalue weighted by atomic mass is 10.1. The van der Waals surface area contributed by atoms with Crippen molar-refractivity contribution >= 4 is 17.1 Å². The fourth-order valence-electron chi connectivity index (χ4n) is 1.49. The Kier molecular flexibility index (Phi) is 3.01. The number of benzene rings is 1. The van der Waals surface area contributed by atoms with Gasteiger partial charge >= 0.3 is 0 Å². The molecule has 2 rings (SSSR count). The van der Waals surface area contributed by atoms with E-state index in [1.165, 1.54) is 11.3 Å². The Morgan fingerprint density at radius 2 is 2.25 bits per heavy atom. The van der Waals surface area contributed by atoms with Crippen molar-refractivity contribution in [3.8, 4) is 5.75 Å². The zero-order chi connectivity index (χ0) is 11.5. The van der Waals surface area contributed by atoms with E-state index in [4.69, 9.17) is 4.74 Å². The monoisotopic (exact) mass is 233 g/mol. The number of hydrogen-bond acceptors (Lipinski definition) is 4. The Bertz CT molecular complexity index is 506. The number of carbonyl (C=O) groups excluding carboxylic acids is 1. The van der Waals surface area contributed by atoms with E-state index in [0.29, 0.717) is 11.3 Å². The molecule has 0 spiro atoms. The van der Waals surface area contributed by atoms with E-state index in [0.717, 1.165) is 11.3 Å². The Hall–Kier alpha value is -1.68. The van der Waals surface area contributed by atoms with Crippen LogP contribution in [0.5, 0.6) is 5.75 Å². The number of aryl methyl sites for hydroxylation is 1. The molecule has 0 unspecified atom stereocenters. The maximum absolute atomic E-state index is 12.0. The lowest BCUT2D eigenvalue weighted by Gasteiger charge is -2.05. The fraction of sp³-hybridized carbons (Fsp3) is 0.167. The van der Waals surface area contributed by atoms with Gasteiger partial charge in [-0.15, -0.1) is 11.3 Å². The zero-order valence-electron chi connectivity index (χ0n) is 9.06. The third kappa shape index (κ3) is 1.97. The van der Waals surface area contributed by atoms with E-state index in [9.17, 15) is 4.79 Å². The minimum atomic E-state index is -0.0491. The molecule has 0 fully saturated rings. The van der Waals surface area contributed by atoms with Gasteiger partial charge in [-0.3, -0.25) is 4.79 Å². The van der Waals surface area contributed by atoms with Gasteiger partial charge in [0, 0.05) is 10.9 Å². The summed E-state index contributed by atoms with van der Waals surface area (Å²) in [6.45, 7) is 1.91. The summed E-state index contributed by atoms with van der Waals surface area (Å²) < 4.78 is 5.15. The van der Waals surface area contributed by atoms with Crippen LogP contribution in [0.2, 0.25) is 0 Å². The van der Waals surface area contributed by atoms with E-state index in [1.54, 1.807) is 30.1 Å². The highest BCUT2D eigenvalue weighted by molar-refractivity contribution is 7.07. The van der Waals surface area contributed by atoms with Crippen LogP contribution >= 0.6 is 11.3 Å². The van der Waals surface area contributed by atoms with Gasteiger partial charge in [-0.1, -0.05) is 0 Å². The van der Waals surface area contributed by atoms with Crippen LogP contribution in [0.25, 0.3) is 0 Å². The van der Waals surface area contributed by atoms with Crippen molar-refractivity contribution in [2.45, 2.75) is 6.92 Å². The molecule has 0 aliphatic heterocycles. The molecule has 0 amide bonds. The molecule has 1 aromatic carbocycles. The van der Waals surface area contributed by atoms with Crippen molar-refractivity contribution < 1.29 is 9.53 Å². The number of methoxy groups -OCH3 is 1. The minimum absolute atomic E-state index is 0.0491. The van der Waals surface area contributed by atoms with Gasteiger partial charge in [0.2, 0.25) is 5.78 Å². The Labute approximate surface area is 97.7 Å². The summed E-state index contributed by atoms with van der Waals surface area (Å²) in [5, 5.41) is 1.75. The molecular weight excluding hydrogens is 222 g/mol. The number of ketones is 1. The van der Waals surface area contributed by atoms with Gasteiger partial charge in [-0.2, -0.15) is 0 Å². The van der Waals surface area contributed by atoms with Crippen molar-refractivity contribution in [1.82, 2.24) is 4.98 Å². The first-order valence-electron chi connectivity index (χ1n) is 4.80. The average molecular weight is 233 g/mol. The predicted octanol–water partition coefficient (Wildman–Crippen LogP) is 2.69. The third-order valence-electron chi connectivity index (χ3n) is 2.32. The Balaban J connectivity index is 2.35. The van der Waals surface area contributed by atoms with Crippen LogP contribution in [0.4, 0.5) is 0 Å².